The Balaban J connectivity index is 1.55. The molecule has 104 valence electrons. The molecule has 2 aromatic rings. The van der Waals surface area contributed by atoms with E-state index in [0.717, 1.165) is 28.0 Å². The molecule has 1 aliphatic heterocycles. The SMILES string of the molecule is O=C(NCCc1ccc2c(c1)OCO2)c1sccc1Br. The van der Waals surface area contributed by atoms with Gasteiger partial charge in [-0.3, -0.25) is 4.79 Å². The van der Waals surface area contributed by atoms with Crippen LogP contribution in [0.25, 0.3) is 0 Å². The van der Waals surface area contributed by atoms with E-state index in [1.54, 1.807) is 0 Å². The minimum Gasteiger partial charge on any atom is -0.454 e. The van der Waals surface area contributed by atoms with Crippen molar-refractivity contribution in [1.29, 1.82) is 0 Å². The first-order valence-electron chi connectivity index (χ1n) is 6.14. The van der Waals surface area contributed by atoms with Gasteiger partial charge in [0.15, 0.2) is 11.5 Å². The number of halogens is 1. The van der Waals surface area contributed by atoms with Gasteiger partial charge in [-0.1, -0.05) is 6.07 Å². The highest BCUT2D eigenvalue weighted by Crippen LogP contribution is 2.32. The van der Waals surface area contributed by atoms with Crippen LogP contribution in [0.15, 0.2) is 34.1 Å². The van der Waals surface area contributed by atoms with Crippen molar-refractivity contribution in [3.8, 4) is 11.5 Å². The van der Waals surface area contributed by atoms with Gasteiger partial charge in [0, 0.05) is 11.0 Å². The third kappa shape index (κ3) is 2.81. The highest BCUT2D eigenvalue weighted by Gasteiger charge is 2.14. The van der Waals surface area contributed by atoms with Gasteiger partial charge in [0.2, 0.25) is 6.79 Å². The van der Waals surface area contributed by atoms with Gasteiger partial charge in [-0.2, -0.15) is 0 Å². The molecule has 2 heterocycles. The highest BCUT2D eigenvalue weighted by atomic mass is 79.9. The Labute approximate surface area is 128 Å². The molecule has 1 aromatic heterocycles. The number of rotatable bonds is 4. The van der Waals surface area contributed by atoms with Crippen LogP contribution in [0.1, 0.15) is 15.2 Å². The molecule has 0 unspecified atom stereocenters. The number of fused-ring (bicyclic) bond motifs is 1. The molecule has 1 N–H and O–H groups in total. The molecule has 0 atom stereocenters. The Kier molecular flexibility index (Phi) is 3.93. The summed E-state index contributed by atoms with van der Waals surface area (Å²) in [4.78, 5) is 12.6. The Hall–Kier alpha value is -1.53. The number of thiophene rings is 1. The molecule has 0 saturated heterocycles. The summed E-state index contributed by atoms with van der Waals surface area (Å²) in [6.07, 6.45) is 0.755. The molecule has 1 amide bonds. The first-order valence-corrected chi connectivity index (χ1v) is 7.81. The number of nitrogens with one attached hydrogen (secondary N) is 1. The quantitative estimate of drug-likeness (QED) is 0.917. The maximum absolute atomic E-state index is 11.9. The summed E-state index contributed by atoms with van der Waals surface area (Å²) in [5.41, 5.74) is 1.11. The molecule has 0 saturated carbocycles. The van der Waals surface area contributed by atoms with Crippen molar-refractivity contribution in [2.75, 3.05) is 13.3 Å². The molecule has 0 fully saturated rings. The Morgan fingerprint density at radius 3 is 2.95 bits per heavy atom. The number of amides is 1. The largest absolute Gasteiger partial charge is 0.454 e. The smallest absolute Gasteiger partial charge is 0.262 e. The maximum atomic E-state index is 11.9. The summed E-state index contributed by atoms with van der Waals surface area (Å²) in [5.74, 6) is 1.50. The monoisotopic (exact) mass is 353 g/mol. The van der Waals surface area contributed by atoms with Crippen LogP contribution in [0.3, 0.4) is 0 Å². The summed E-state index contributed by atoms with van der Waals surface area (Å²) < 4.78 is 11.4. The lowest BCUT2D eigenvalue weighted by Crippen LogP contribution is -2.25. The lowest BCUT2D eigenvalue weighted by atomic mass is 10.1. The van der Waals surface area contributed by atoms with Crippen molar-refractivity contribution in [3.63, 3.8) is 0 Å². The van der Waals surface area contributed by atoms with E-state index in [1.165, 1.54) is 11.3 Å². The fourth-order valence-electron chi connectivity index (χ4n) is 1.95. The normalized spacial score (nSPS) is 12.4. The second kappa shape index (κ2) is 5.85. The summed E-state index contributed by atoms with van der Waals surface area (Å²) >= 11 is 4.78. The first-order chi connectivity index (χ1) is 9.74. The third-order valence-corrected chi connectivity index (χ3v) is 4.80. The minimum absolute atomic E-state index is 0.0485. The zero-order valence-electron chi connectivity index (χ0n) is 10.5. The van der Waals surface area contributed by atoms with E-state index in [2.05, 4.69) is 21.2 Å². The molecule has 1 aromatic carbocycles. The number of carbonyl (C=O) groups is 1. The summed E-state index contributed by atoms with van der Waals surface area (Å²) in [6.45, 7) is 0.866. The maximum Gasteiger partial charge on any atom is 0.262 e. The number of hydrogen-bond donors (Lipinski definition) is 1. The standard InChI is InChI=1S/C14H12BrNO3S/c15-10-4-6-20-13(10)14(17)16-5-3-9-1-2-11-12(7-9)19-8-18-11/h1-2,4,6-7H,3,5,8H2,(H,16,17). The van der Waals surface area contributed by atoms with Crippen LogP contribution in [0.5, 0.6) is 11.5 Å². The van der Waals surface area contributed by atoms with Crippen LogP contribution < -0.4 is 14.8 Å². The molecule has 0 aliphatic carbocycles. The molecule has 4 nitrogen and oxygen atoms in total. The predicted octanol–water partition coefficient (Wildman–Crippen LogP) is 3.21. The van der Waals surface area contributed by atoms with Crippen LogP contribution >= 0.6 is 27.3 Å². The van der Waals surface area contributed by atoms with Crippen LogP contribution in [-0.2, 0) is 6.42 Å². The van der Waals surface area contributed by atoms with Gasteiger partial charge < -0.3 is 14.8 Å². The molecular formula is C14H12BrNO3S. The summed E-state index contributed by atoms with van der Waals surface area (Å²) in [6, 6.07) is 7.71. The average Bonchev–Trinajstić information content (AvgIpc) is 3.06. The van der Waals surface area contributed by atoms with Crippen molar-refractivity contribution in [3.05, 3.63) is 44.6 Å². The zero-order chi connectivity index (χ0) is 13.9. The van der Waals surface area contributed by atoms with Crippen molar-refractivity contribution in [2.45, 2.75) is 6.42 Å². The van der Waals surface area contributed by atoms with Gasteiger partial charge in [-0.05, 0) is 51.5 Å². The molecule has 0 bridgehead atoms. The van der Waals surface area contributed by atoms with Crippen molar-refractivity contribution >= 4 is 33.2 Å². The Morgan fingerprint density at radius 1 is 1.30 bits per heavy atom. The molecular weight excluding hydrogens is 342 g/mol. The van der Waals surface area contributed by atoms with Crippen LogP contribution in [-0.4, -0.2) is 19.2 Å². The molecule has 3 rings (SSSR count). The minimum atomic E-state index is -0.0485. The summed E-state index contributed by atoms with van der Waals surface area (Å²) in [7, 11) is 0. The topological polar surface area (TPSA) is 47.6 Å². The number of benzene rings is 1. The predicted molar refractivity (Wildman–Crippen MR) is 80.6 cm³/mol. The van der Waals surface area contributed by atoms with E-state index in [1.807, 2.05) is 29.6 Å². The second-order valence-corrected chi connectivity index (χ2v) is 6.06. The third-order valence-electron chi connectivity index (χ3n) is 2.96. The first kappa shape index (κ1) is 13.5. The van der Waals surface area contributed by atoms with Gasteiger partial charge in [0.1, 0.15) is 4.88 Å². The number of hydrogen-bond acceptors (Lipinski definition) is 4. The Bertz CT molecular complexity index is 641. The molecule has 1 aliphatic rings. The van der Waals surface area contributed by atoms with E-state index in [4.69, 9.17) is 9.47 Å². The van der Waals surface area contributed by atoms with E-state index < -0.39 is 0 Å². The highest BCUT2D eigenvalue weighted by molar-refractivity contribution is 9.10. The van der Waals surface area contributed by atoms with Gasteiger partial charge in [0.05, 0.1) is 0 Å². The van der Waals surface area contributed by atoms with Crippen LogP contribution in [0, 0.1) is 0 Å². The van der Waals surface area contributed by atoms with Crippen molar-refractivity contribution < 1.29 is 14.3 Å². The number of carbonyl (C=O) groups excluding carboxylic acids is 1. The van der Waals surface area contributed by atoms with Gasteiger partial charge in [-0.15, -0.1) is 11.3 Å². The fraction of sp³-hybridized carbons (Fsp3) is 0.214. The Morgan fingerprint density at radius 2 is 2.15 bits per heavy atom. The molecule has 20 heavy (non-hydrogen) atoms. The lowest BCUT2D eigenvalue weighted by Gasteiger charge is -2.05. The summed E-state index contributed by atoms with van der Waals surface area (Å²) in [5, 5.41) is 4.80. The van der Waals surface area contributed by atoms with Gasteiger partial charge in [-0.25, -0.2) is 0 Å². The lowest BCUT2D eigenvalue weighted by molar-refractivity contribution is 0.0957. The second-order valence-electron chi connectivity index (χ2n) is 4.29. The molecule has 0 spiro atoms. The fourth-order valence-corrected chi connectivity index (χ4v) is 3.42. The zero-order valence-corrected chi connectivity index (χ0v) is 12.9. The average molecular weight is 354 g/mol. The van der Waals surface area contributed by atoms with Crippen LogP contribution in [0.4, 0.5) is 0 Å². The van der Waals surface area contributed by atoms with Gasteiger partial charge >= 0.3 is 0 Å². The van der Waals surface area contributed by atoms with Gasteiger partial charge in [0.25, 0.3) is 5.91 Å². The van der Waals surface area contributed by atoms with E-state index in [0.29, 0.717) is 11.4 Å². The van der Waals surface area contributed by atoms with Crippen molar-refractivity contribution in [2.24, 2.45) is 0 Å². The molecule has 0 radical (unpaired) electrons. The van der Waals surface area contributed by atoms with E-state index in [9.17, 15) is 4.79 Å². The van der Waals surface area contributed by atoms with E-state index >= 15 is 0 Å². The number of ether oxygens (including phenoxy) is 2. The van der Waals surface area contributed by atoms with Crippen LogP contribution in [0.2, 0.25) is 0 Å². The van der Waals surface area contributed by atoms with E-state index in [-0.39, 0.29) is 12.7 Å². The molecule has 6 heteroatoms. The van der Waals surface area contributed by atoms with Crippen molar-refractivity contribution in [1.82, 2.24) is 5.32 Å².